The number of nitrogens with one attached hydrogen (secondary N) is 1. The van der Waals surface area contributed by atoms with E-state index in [1.807, 2.05) is 0 Å². The number of morpholine rings is 1. The Morgan fingerprint density at radius 2 is 2.07 bits per heavy atom. The van der Waals surface area contributed by atoms with Crippen molar-refractivity contribution in [2.24, 2.45) is 0 Å². The summed E-state index contributed by atoms with van der Waals surface area (Å²) in [5, 5.41) is 6.81. The zero-order chi connectivity index (χ0) is 19.3. The van der Waals surface area contributed by atoms with Crippen LogP contribution in [0.3, 0.4) is 0 Å². The average molecular weight is 401 g/mol. The zero-order valence-corrected chi connectivity index (χ0v) is 16.4. The van der Waals surface area contributed by atoms with Crippen molar-refractivity contribution in [1.29, 1.82) is 0 Å². The maximum absolute atomic E-state index is 12.0. The van der Waals surface area contributed by atoms with E-state index in [0.29, 0.717) is 37.6 Å². The van der Waals surface area contributed by atoms with E-state index in [1.165, 1.54) is 10.6 Å². The summed E-state index contributed by atoms with van der Waals surface area (Å²) in [7, 11) is -3.30. The molecule has 1 aromatic rings. The second-order valence-electron chi connectivity index (χ2n) is 6.88. The molecular weight excluding hydrogens is 374 g/mol. The van der Waals surface area contributed by atoms with E-state index in [4.69, 9.17) is 9.26 Å². The molecule has 0 radical (unpaired) electrons. The number of rotatable bonds is 8. The normalized spacial score (nSPS) is 22.2. The number of ether oxygens (including phenoxy) is 1. The molecule has 3 rings (SSSR count). The van der Waals surface area contributed by atoms with E-state index in [0.717, 1.165) is 39.3 Å². The van der Waals surface area contributed by atoms with Crippen LogP contribution in [-0.4, -0.2) is 85.9 Å². The van der Waals surface area contributed by atoms with Crippen LogP contribution in [0.5, 0.6) is 0 Å². The van der Waals surface area contributed by atoms with Crippen molar-refractivity contribution in [2.75, 3.05) is 52.2 Å². The number of nitrogens with zero attached hydrogens (tertiary/aromatic N) is 4. The van der Waals surface area contributed by atoms with Gasteiger partial charge in [0.25, 0.3) is 0 Å². The minimum absolute atomic E-state index is 0.0679. The number of aromatic nitrogens is 2. The van der Waals surface area contributed by atoms with Gasteiger partial charge in [-0.15, -0.1) is 0 Å². The Morgan fingerprint density at radius 1 is 1.30 bits per heavy atom. The van der Waals surface area contributed by atoms with Gasteiger partial charge >= 0.3 is 0 Å². The standard InChI is InChI=1S/C16H27N5O5S/c1-27(23,24)21-7-2-3-13(21)16-18-15(26-19-16)5-4-14(22)17-6-8-20-9-11-25-12-10-20/h13H,2-12H2,1H3,(H,17,22). The van der Waals surface area contributed by atoms with Crippen LogP contribution in [0.15, 0.2) is 4.52 Å². The predicted octanol–water partition coefficient (Wildman–Crippen LogP) is -0.453. The predicted molar refractivity (Wildman–Crippen MR) is 96.4 cm³/mol. The van der Waals surface area contributed by atoms with Gasteiger partial charge in [-0.25, -0.2) is 8.42 Å². The van der Waals surface area contributed by atoms with E-state index >= 15 is 0 Å². The Hall–Kier alpha value is -1.56. The Kier molecular flexibility index (Phi) is 6.79. The first-order chi connectivity index (χ1) is 12.9. The molecule has 0 spiro atoms. The third-order valence-electron chi connectivity index (χ3n) is 4.83. The van der Waals surface area contributed by atoms with Gasteiger partial charge in [-0.1, -0.05) is 5.16 Å². The van der Waals surface area contributed by atoms with Crippen LogP contribution in [0.4, 0.5) is 0 Å². The van der Waals surface area contributed by atoms with Crippen LogP contribution < -0.4 is 5.32 Å². The molecular formula is C16H27N5O5S. The molecule has 1 amide bonds. The first kappa shape index (κ1) is 20.2. The molecule has 1 atom stereocenters. The van der Waals surface area contributed by atoms with Crippen LogP contribution in [0.1, 0.15) is 37.0 Å². The maximum atomic E-state index is 12.0. The summed E-state index contributed by atoms with van der Waals surface area (Å²) in [5.74, 6) is 0.663. The molecule has 0 saturated carbocycles. The molecule has 27 heavy (non-hydrogen) atoms. The summed E-state index contributed by atoms with van der Waals surface area (Å²) in [5.41, 5.74) is 0. The lowest BCUT2D eigenvalue weighted by Gasteiger charge is -2.26. The first-order valence-corrected chi connectivity index (χ1v) is 11.1. The third-order valence-corrected chi connectivity index (χ3v) is 6.12. The van der Waals surface area contributed by atoms with Crippen molar-refractivity contribution >= 4 is 15.9 Å². The summed E-state index contributed by atoms with van der Waals surface area (Å²) in [6.45, 7) is 5.15. The SMILES string of the molecule is CS(=O)(=O)N1CCCC1c1noc(CCC(=O)NCCN2CCOCC2)n1. The molecule has 2 aliphatic rings. The quantitative estimate of drug-likeness (QED) is 0.622. The largest absolute Gasteiger partial charge is 0.379 e. The van der Waals surface area contributed by atoms with Gasteiger partial charge in [0.15, 0.2) is 5.82 Å². The van der Waals surface area contributed by atoms with Crippen LogP contribution in [0, 0.1) is 0 Å². The molecule has 0 aromatic carbocycles. The molecule has 2 saturated heterocycles. The minimum Gasteiger partial charge on any atom is -0.379 e. The van der Waals surface area contributed by atoms with E-state index in [2.05, 4.69) is 20.4 Å². The highest BCUT2D eigenvalue weighted by atomic mass is 32.2. The van der Waals surface area contributed by atoms with E-state index in [9.17, 15) is 13.2 Å². The molecule has 1 aromatic heterocycles. The van der Waals surface area contributed by atoms with Crippen LogP contribution in [0.2, 0.25) is 0 Å². The van der Waals surface area contributed by atoms with Gasteiger partial charge in [0.1, 0.15) is 0 Å². The van der Waals surface area contributed by atoms with Crippen molar-refractivity contribution in [1.82, 2.24) is 24.7 Å². The molecule has 3 heterocycles. The molecule has 0 aliphatic carbocycles. The van der Waals surface area contributed by atoms with E-state index < -0.39 is 10.0 Å². The number of hydrogen-bond acceptors (Lipinski definition) is 8. The number of aryl methyl sites for hydroxylation is 1. The van der Waals surface area contributed by atoms with Gasteiger partial charge in [-0.3, -0.25) is 9.69 Å². The fourth-order valence-corrected chi connectivity index (χ4v) is 4.51. The summed E-state index contributed by atoms with van der Waals surface area (Å²) >= 11 is 0. The van der Waals surface area contributed by atoms with Crippen molar-refractivity contribution in [3.05, 3.63) is 11.7 Å². The highest BCUT2D eigenvalue weighted by Gasteiger charge is 2.35. The van der Waals surface area contributed by atoms with Crippen LogP contribution in [0.25, 0.3) is 0 Å². The van der Waals surface area contributed by atoms with Crippen molar-refractivity contribution in [3.8, 4) is 0 Å². The second-order valence-corrected chi connectivity index (χ2v) is 8.82. The third kappa shape index (κ3) is 5.71. The lowest BCUT2D eigenvalue weighted by molar-refractivity contribution is -0.121. The number of amides is 1. The summed E-state index contributed by atoms with van der Waals surface area (Å²) < 4.78 is 35.6. The molecule has 2 aliphatic heterocycles. The topological polar surface area (TPSA) is 118 Å². The zero-order valence-electron chi connectivity index (χ0n) is 15.6. The van der Waals surface area contributed by atoms with E-state index in [1.54, 1.807) is 0 Å². The van der Waals surface area contributed by atoms with Gasteiger partial charge in [0, 0.05) is 45.6 Å². The van der Waals surface area contributed by atoms with Crippen LogP contribution in [-0.2, 0) is 26.0 Å². The number of carbonyl (C=O) groups excluding carboxylic acids is 1. The number of sulfonamides is 1. The van der Waals surface area contributed by atoms with Gasteiger partial charge in [-0.05, 0) is 12.8 Å². The maximum Gasteiger partial charge on any atom is 0.227 e. The van der Waals surface area contributed by atoms with Gasteiger partial charge in [0.05, 0.1) is 25.5 Å². The lowest BCUT2D eigenvalue weighted by Crippen LogP contribution is -2.41. The summed E-state index contributed by atoms with van der Waals surface area (Å²) in [6, 6.07) is -0.375. The van der Waals surface area contributed by atoms with Gasteiger partial charge in [-0.2, -0.15) is 9.29 Å². The van der Waals surface area contributed by atoms with Crippen molar-refractivity contribution in [3.63, 3.8) is 0 Å². The number of hydrogen-bond donors (Lipinski definition) is 1. The Morgan fingerprint density at radius 3 is 2.81 bits per heavy atom. The van der Waals surface area contributed by atoms with Gasteiger partial charge in [0.2, 0.25) is 21.8 Å². The molecule has 2 fully saturated rings. The van der Waals surface area contributed by atoms with E-state index in [-0.39, 0.29) is 18.4 Å². The molecule has 11 heteroatoms. The molecule has 10 nitrogen and oxygen atoms in total. The first-order valence-electron chi connectivity index (χ1n) is 9.29. The lowest BCUT2D eigenvalue weighted by atomic mass is 10.2. The molecule has 0 bridgehead atoms. The smallest absolute Gasteiger partial charge is 0.227 e. The molecule has 1 N–H and O–H groups in total. The van der Waals surface area contributed by atoms with Crippen molar-refractivity contribution in [2.45, 2.75) is 31.7 Å². The minimum atomic E-state index is -3.30. The monoisotopic (exact) mass is 401 g/mol. The molecule has 152 valence electrons. The van der Waals surface area contributed by atoms with Crippen LogP contribution >= 0.6 is 0 Å². The van der Waals surface area contributed by atoms with Crippen molar-refractivity contribution < 1.29 is 22.5 Å². The Balaban J connectivity index is 1.42. The number of carbonyl (C=O) groups is 1. The van der Waals surface area contributed by atoms with Gasteiger partial charge < -0.3 is 14.6 Å². The summed E-state index contributed by atoms with van der Waals surface area (Å²) in [6.07, 6.45) is 3.22. The summed E-state index contributed by atoms with van der Waals surface area (Å²) in [4.78, 5) is 18.5. The Labute approximate surface area is 159 Å². The second kappa shape index (κ2) is 9.09. The Bertz CT molecular complexity index is 731. The highest BCUT2D eigenvalue weighted by molar-refractivity contribution is 7.88. The molecule has 1 unspecified atom stereocenters. The fraction of sp³-hybridized carbons (Fsp3) is 0.812. The fourth-order valence-electron chi connectivity index (χ4n) is 3.39. The average Bonchev–Trinajstić information content (AvgIpc) is 3.29. The highest BCUT2D eigenvalue weighted by Crippen LogP contribution is 2.32.